The predicted molar refractivity (Wildman–Crippen MR) is 215 cm³/mol. The maximum atomic E-state index is 12.6. The van der Waals surface area contributed by atoms with Gasteiger partial charge in [0.25, 0.3) is 0 Å². The summed E-state index contributed by atoms with van der Waals surface area (Å²) in [5, 5.41) is 29.4. The lowest BCUT2D eigenvalue weighted by Crippen LogP contribution is -2.64. The van der Waals surface area contributed by atoms with Crippen molar-refractivity contribution < 1.29 is 34.1 Å². The van der Waals surface area contributed by atoms with Gasteiger partial charge in [0.15, 0.2) is 0 Å². The smallest absolute Gasteiger partial charge is 0.412 e. The Morgan fingerprint density at radius 3 is 2.52 bits per heavy atom. The van der Waals surface area contributed by atoms with E-state index in [1.54, 1.807) is 23.9 Å². The molecular formula is C44H56N2O7S. The second-order valence-corrected chi connectivity index (χ2v) is 16.8. The highest BCUT2D eigenvalue weighted by molar-refractivity contribution is 8.00. The van der Waals surface area contributed by atoms with Crippen molar-refractivity contribution in [1.29, 1.82) is 0 Å². The summed E-state index contributed by atoms with van der Waals surface area (Å²) in [5.41, 5.74) is 2.37. The standard InChI is InChI=1S/C44H56N2O7S/c1-6-24-50-44-39(54-33-20-18-29-14-8-9-15-30(29)25-33)28-37(46-53-43(3,4)5)35-26-31(16-10-12-22-47)34(17-11-13-23-48)40(41(35)44)36-27-32(19-21-38(36)52-44)51-42(49)45-7-2/h6,8-9,14-15,18-21,25-27,31,34,39-41,47-48H,1,7,10-13,16-17,22-24,28H2,2-5H3,(H,45,49). The number of benzene rings is 3. The number of rotatable bonds is 16. The number of carbonyl (C=O) groups excluding carboxylic acids is 1. The quantitative estimate of drug-likeness (QED) is 0.0753. The normalized spacial score (nSPS) is 25.3. The van der Waals surface area contributed by atoms with Gasteiger partial charge in [-0.15, -0.1) is 18.3 Å². The van der Waals surface area contributed by atoms with Crippen LogP contribution in [0.15, 0.2) is 95.0 Å². The topological polar surface area (TPSA) is 119 Å². The monoisotopic (exact) mass is 756 g/mol. The first-order valence-electron chi connectivity index (χ1n) is 19.5. The number of unbranched alkanes of at least 4 members (excludes halogenated alkanes) is 2. The zero-order chi connectivity index (χ0) is 38.3. The second-order valence-electron chi connectivity index (χ2n) is 15.5. The summed E-state index contributed by atoms with van der Waals surface area (Å²) < 4.78 is 20.1. The molecule has 6 rings (SSSR count). The largest absolute Gasteiger partial charge is 0.460 e. The highest BCUT2D eigenvalue weighted by atomic mass is 32.2. The Morgan fingerprint density at radius 2 is 1.80 bits per heavy atom. The van der Waals surface area contributed by atoms with Crippen molar-refractivity contribution in [1.82, 2.24) is 5.32 Å². The SMILES string of the molecule is C=CCOC12Oc3ccc(OC(=O)NCC)cc3C3C(CCCCO)C(CCCCO)C=C(C(=NOC(C)(C)C)CC1Sc1ccc4ccccc4c1)C32. The predicted octanol–water partition coefficient (Wildman–Crippen LogP) is 9.17. The molecule has 3 aromatic carbocycles. The number of aliphatic hydroxyl groups is 2. The molecule has 1 saturated carbocycles. The van der Waals surface area contributed by atoms with Crippen molar-refractivity contribution in [3.8, 4) is 11.5 Å². The summed E-state index contributed by atoms with van der Waals surface area (Å²) in [7, 11) is 0. The van der Waals surface area contributed by atoms with Crippen LogP contribution in [0.4, 0.5) is 4.79 Å². The van der Waals surface area contributed by atoms with Gasteiger partial charge in [0.1, 0.15) is 17.1 Å². The molecule has 3 N–H and O–H groups in total. The van der Waals surface area contributed by atoms with Crippen LogP contribution in [0.1, 0.15) is 84.1 Å². The summed E-state index contributed by atoms with van der Waals surface area (Å²) in [5.74, 6) is -0.128. The van der Waals surface area contributed by atoms with Crippen LogP contribution in [0, 0.1) is 17.8 Å². The molecule has 6 unspecified atom stereocenters. The lowest BCUT2D eigenvalue weighted by Gasteiger charge is -2.58. The number of nitrogens with one attached hydrogen (secondary N) is 1. The zero-order valence-corrected chi connectivity index (χ0v) is 32.9. The first kappa shape index (κ1) is 39.9. The van der Waals surface area contributed by atoms with E-state index in [2.05, 4.69) is 60.4 Å². The number of allylic oxidation sites excluding steroid dienone is 1. The van der Waals surface area contributed by atoms with Gasteiger partial charge in [0.2, 0.25) is 5.79 Å². The van der Waals surface area contributed by atoms with Gasteiger partial charge in [0, 0.05) is 42.6 Å². The summed E-state index contributed by atoms with van der Waals surface area (Å²) in [4.78, 5) is 20.0. The molecule has 6 atom stereocenters. The summed E-state index contributed by atoms with van der Waals surface area (Å²) in [6, 6.07) is 20.6. The number of oxime groups is 1. The number of fused-ring (bicyclic) bond motifs is 3. The van der Waals surface area contributed by atoms with E-state index in [1.807, 2.05) is 39.8 Å². The fourth-order valence-corrected chi connectivity index (χ4v) is 9.71. The molecule has 1 heterocycles. The third-order valence-electron chi connectivity index (χ3n) is 10.6. The van der Waals surface area contributed by atoms with Crippen molar-refractivity contribution in [3.05, 3.63) is 90.5 Å². The number of thioether (sulfide) groups is 1. The molecule has 2 aliphatic carbocycles. The van der Waals surface area contributed by atoms with Crippen molar-refractivity contribution in [3.63, 3.8) is 0 Å². The third kappa shape index (κ3) is 8.83. The van der Waals surface area contributed by atoms with Gasteiger partial charge < -0.3 is 34.6 Å². The number of carbonyl (C=O) groups is 1. The molecule has 3 aromatic rings. The minimum atomic E-state index is -1.12. The van der Waals surface area contributed by atoms with Crippen LogP contribution in [-0.4, -0.2) is 65.0 Å². The van der Waals surface area contributed by atoms with E-state index in [0.717, 1.165) is 52.8 Å². The summed E-state index contributed by atoms with van der Waals surface area (Å²) in [6.45, 7) is 12.9. The molecule has 10 heteroatoms. The fraction of sp³-hybridized carbons (Fsp3) is 0.500. The van der Waals surface area contributed by atoms with Crippen LogP contribution >= 0.6 is 11.8 Å². The Kier molecular flexibility index (Phi) is 13.1. The molecule has 290 valence electrons. The average molecular weight is 757 g/mol. The van der Waals surface area contributed by atoms with Gasteiger partial charge in [-0.05, 0) is 112 Å². The number of ether oxygens (including phenoxy) is 3. The summed E-state index contributed by atoms with van der Waals surface area (Å²) in [6.07, 6.45) is 9.05. The maximum Gasteiger partial charge on any atom is 0.412 e. The Morgan fingerprint density at radius 1 is 1.04 bits per heavy atom. The molecule has 54 heavy (non-hydrogen) atoms. The van der Waals surface area contributed by atoms with Gasteiger partial charge >= 0.3 is 6.09 Å². The first-order valence-corrected chi connectivity index (χ1v) is 20.4. The van der Waals surface area contributed by atoms with Crippen LogP contribution < -0.4 is 14.8 Å². The highest BCUT2D eigenvalue weighted by Crippen LogP contribution is 2.63. The number of hydrogen-bond donors (Lipinski definition) is 3. The third-order valence-corrected chi connectivity index (χ3v) is 11.9. The zero-order valence-electron chi connectivity index (χ0n) is 32.1. The lowest BCUT2D eigenvalue weighted by molar-refractivity contribution is -0.223. The van der Waals surface area contributed by atoms with Gasteiger partial charge in [-0.2, -0.15) is 0 Å². The van der Waals surface area contributed by atoms with Gasteiger partial charge in [-0.25, -0.2) is 4.79 Å². The molecule has 1 amide bonds. The van der Waals surface area contributed by atoms with Gasteiger partial charge in [0.05, 0.1) is 23.5 Å². The van der Waals surface area contributed by atoms with E-state index >= 15 is 0 Å². The maximum absolute atomic E-state index is 12.6. The Labute approximate surface area is 324 Å². The molecule has 1 aliphatic heterocycles. The number of nitrogens with zero attached hydrogens (tertiary/aromatic N) is 1. The molecule has 0 bridgehead atoms. The van der Waals surface area contributed by atoms with Crippen molar-refractivity contribution in [2.24, 2.45) is 22.9 Å². The molecule has 3 aliphatic rings. The minimum absolute atomic E-state index is 0.117. The van der Waals surface area contributed by atoms with Crippen LogP contribution in [0.2, 0.25) is 0 Å². The first-order chi connectivity index (χ1) is 26.1. The molecule has 0 radical (unpaired) electrons. The molecule has 0 aromatic heterocycles. The van der Waals surface area contributed by atoms with E-state index in [-0.39, 0.29) is 48.7 Å². The van der Waals surface area contributed by atoms with E-state index < -0.39 is 17.5 Å². The van der Waals surface area contributed by atoms with E-state index in [0.29, 0.717) is 37.3 Å². The number of amides is 1. The lowest BCUT2D eigenvalue weighted by atomic mass is 9.56. The van der Waals surface area contributed by atoms with E-state index in [1.165, 1.54) is 5.39 Å². The van der Waals surface area contributed by atoms with E-state index in [9.17, 15) is 15.0 Å². The van der Waals surface area contributed by atoms with Crippen LogP contribution in [0.25, 0.3) is 10.8 Å². The summed E-state index contributed by atoms with van der Waals surface area (Å²) >= 11 is 1.74. The van der Waals surface area contributed by atoms with Crippen molar-refractivity contribution in [2.75, 3.05) is 26.4 Å². The molecule has 1 fully saturated rings. The van der Waals surface area contributed by atoms with E-state index in [4.69, 9.17) is 24.2 Å². The van der Waals surface area contributed by atoms with Crippen molar-refractivity contribution in [2.45, 2.75) is 100 Å². The Balaban J connectivity index is 1.57. The fourth-order valence-electron chi connectivity index (χ4n) is 8.37. The Hall–Kier alpha value is -3.83. The number of aliphatic hydroxyl groups excluding tert-OH is 2. The minimum Gasteiger partial charge on any atom is -0.460 e. The van der Waals surface area contributed by atoms with Crippen molar-refractivity contribution >= 4 is 34.3 Å². The van der Waals surface area contributed by atoms with Gasteiger partial charge in [-0.1, -0.05) is 60.5 Å². The molecule has 0 saturated heterocycles. The van der Waals surface area contributed by atoms with Gasteiger partial charge in [-0.3, -0.25) is 0 Å². The average Bonchev–Trinajstić information content (AvgIpc) is 3.15. The molecule has 9 nitrogen and oxygen atoms in total. The van der Waals surface area contributed by atoms with Crippen LogP contribution in [-0.2, 0) is 9.57 Å². The Bertz CT molecular complexity index is 1840. The second kappa shape index (κ2) is 17.8. The number of hydrogen-bond acceptors (Lipinski definition) is 9. The highest BCUT2D eigenvalue weighted by Gasteiger charge is 2.64. The van der Waals surface area contributed by atoms with Crippen LogP contribution in [0.3, 0.4) is 0 Å². The molecular weight excluding hydrogens is 701 g/mol. The molecule has 0 spiro atoms. The van der Waals surface area contributed by atoms with Crippen LogP contribution in [0.5, 0.6) is 11.5 Å².